The van der Waals surface area contributed by atoms with Crippen LogP contribution in [-0.2, 0) is 9.47 Å². The molecule has 3 aliphatic rings. The second-order valence-electron chi connectivity index (χ2n) is 7.45. The Kier molecular flexibility index (Phi) is 5.64. The van der Waals surface area contributed by atoms with Crippen molar-refractivity contribution in [3.8, 4) is 5.75 Å². The average molecular weight is 365 g/mol. The van der Waals surface area contributed by atoms with Crippen molar-refractivity contribution in [3.05, 3.63) is 78.2 Å². The first-order valence-electron chi connectivity index (χ1n) is 9.85. The molecule has 1 N–H and O–H groups in total. The Balaban J connectivity index is 1.55. The second-order valence-corrected chi connectivity index (χ2v) is 7.45. The molecule has 0 spiro atoms. The smallest absolute Gasteiger partial charge is 0.156 e. The van der Waals surface area contributed by atoms with E-state index >= 15 is 0 Å². The van der Waals surface area contributed by atoms with Gasteiger partial charge in [-0.15, -0.1) is 0 Å². The first kappa shape index (κ1) is 17.9. The summed E-state index contributed by atoms with van der Waals surface area (Å²) in [6.07, 6.45) is 16.9. The monoisotopic (exact) mass is 365 g/mol. The number of hydrogen-bond donors (Lipinski definition) is 1. The first-order valence-corrected chi connectivity index (χ1v) is 9.85. The molecule has 1 aromatic carbocycles. The van der Waals surface area contributed by atoms with Crippen LogP contribution < -0.4 is 0 Å². The maximum atomic E-state index is 10.3. The van der Waals surface area contributed by atoms with Crippen LogP contribution in [0, 0.1) is 0 Å². The zero-order valence-electron chi connectivity index (χ0n) is 15.6. The van der Waals surface area contributed by atoms with Crippen molar-refractivity contribution in [1.82, 2.24) is 4.90 Å². The predicted molar refractivity (Wildman–Crippen MR) is 106 cm³/mol. The molecular weight excluding hydrogens is 338 g/mol. The van der Waals surface area contributed by atoms with Crippen LogP contribution >= 0.6 is 0 Å². The molecule has 0 amide bonds. The average Bonchev–Trinajstić information content (AvgIpc) is 2.74. The van der Waals surface area contributed by atoms with Gasteiger partial charge in [-0.05, 0) is 50.3 Å². The number of phenols is 1. The summed E-state index contributed by atoms with van der Waals surface area (Å²) in [5, 5.41) is 10.3. The Morgan fingerprint density at radius 2 is 2.15 bits per heavy atom. The van der Waals surface area contributed by atoms with Crippen molar-refractivity contribution in [2.45, 2.75) is 44.1 Å². The van der Waals surface area contributed by atoms with Gasteiger partial charge in [0.1, 0.15) is 24.5 Å². The predicted octanol–water partition coefficient (Wildman–Crippen LogP) is 4.97. The maximum absolute atomic E-state index is 10.3. The molecule has 4 heteroatoms. The van der Waals surface area contributed by atoms with E-state index in [-0.39, 0.29) is 6.04 Å². The van der Waals surface area contributed by atoms with Gasteiger partial charge >= 0.3 is 0 Å². The largest absolute Gasteiger partial charge is 0.508 e. The number of phenolic OH excluding ortho intramolecular Hbond substituents is 1. The fourth-order valence-electron chi connectivity index (χ4n) is 4.29. The fraction of sp³-hybridized carbons (Fsp3) is 0.391. The zero-order valence-corrected chi connectivity index (χ0v) is 15.6. The zero-order chi connectivity index (χ0) is 18.5. The SMILES string of the molecule is Oc1ccccc1C1CCCN(C(CC2=CC=CCC2)C2=COC=CO2)C1. The topological polar surface area (TPSA) is 41.9 Å². The van der Waals surface area contributed by atoms with Crippen LogP contribution in [0.3, 0.4) is 0 Å². The van der Waals surface area contributed by atoms with Gasteiger partial charge < -0.3 is 14.6 Å². The Labute approximate surface area is 161 Å². The molecule has 2 heterocycles. The van der Waals surface area contributed by atoms with Gasteiger partial charge in [0.15, 0.2) is 5.76 Å². The molecule has 4 rings (SSSR count). The molecule has 1 fully saturated rings. The molecule has 1 aromatic rings. The molecule has 2 aliphatic heterocycles. The Morgan fingerprint density at radius 1 is 1.22 bits per heavy atom. The van der Waals surface area contributed by atoms with Gasteiger partial charge in [0.05, 0.1) is 6.04 Å². The van der Waals surface area contributed by atoms with Crippen LogP contribution in [0.15, 0.2) is 72.6 Å². The molecule has 1 saturated heterocycles. The molecule has 142 valence electrons. The number of ether oxygens (including phenoxy) is 2. The lowest BCUT2D eigenvalue weighted by Gasteiger charge is -2.39. The van der Waals surface area contributed by atoms with Crippen molar-refractivity contribution >= 4 is 0 Å². The van der Waals surface area contributed by atoms with E-state index in [0.717, 1.165) is 56.5 Å². The number of hydrogen-bond acceptors (Lipinski definition) is 4. The van der Waals surface area contributed by atoms with Crippen LogP contribution in [-0.4, -0.2) is 29.1 Å². The summed E-state index contributed by atoms with van der Waals surface area (Å²) in [5.74, 6) is 1.61. The highest BCUT2D eigenvalue weighted by Gasteiger charge is 2.32. The molecule has 2 atom stereocenters. The minimum absolute atomic E-state index is 0.154. The van der Waals surface area contributed by atoms with Gasteiger partial charge in [0.25, 0.3) is 0 Å². The Hall–Kier alpha value is -2.46. The highest BCUT2D eigenvalue weighted by Crippen LogP contribution is 2.35. The summed E-state index contributed by atoms with van der Waals surface area (Å²) in [4.78, 5) is 2.49. The molecule has 0 radical (unpaired) electrons. The van der Waals surface area contributed by atoms with E-state index in [2.05, 4.69) is 29.2 Å². The summed E-state index contributed by atoms with van der Waals surface area (Å²) in [7, 11) is 0. The van der Waals surface area contributed by atoms with Crippen molar-refractivity contribution in [1.29, 1.82) is 0 Å². The third kappa shape index (κ3) is 4.28. The fourth-order valence-corrected chi connectivity index (χ4v) is 4.29. The van der Waals surface area contributed by atoms with Gasteiger partial charge in [0, 0.05) is 12.5 Å². The molecule has 0 bridgehead atoms. The van der Waals surface area contributed by atoms with Crippen LogP contribution in [0.25, 0.3) is 0 Å². The van der Waals surface area contributed by atoms with Crippen molar-refractivity contribution < 1.29 is 14.6 Å². The van der Waals surface area contributed by atoms with E-state index in [1.165, 1.54) is 5.57 Å². The maximum Gasteiger partial charge on any atom is 0.156 e. The third-order valence-electron chi connectivity index (χ3n) is 5.68. The lowest BCUT2D eigenvalue weighted by atomic mass is 9.87. The lowest BCUT2D eigenvalue weighted by molar-refractivity contribution is 0.115. The molecule has 1 aliphatic carbocycles. The van der Waals surface area contributed by atoms with E-state index in [1.807, 2.05) is 12.1 Å². The van der Waals surface area contributed by atoms with Gasteiger partial charge in [-0.3, -0.25) is 4.90 Å². The summed E-state index contributed by atoms with van der Waals surface area (Å²) in [5.41, 5.74) is 2.50. The minimum Gasteiger partial charge on any atom is -0.508 e. The van der Waals surface area contributed by atoms with Crippen LogP contribution in [0.2, 0.25) is 0 Å². The van der Waals surface area contributed by atoms with E-state index in [1.54, 1.807) is 24.9 Å². The number of likely N-dealkylation sites (tertiary alicyclic amines) is 1. The molecule has 2 unspecified atom stereocenters. The highest BCUT2D eigenvalue weighted by atomic mass is 16.5. The second kappa shape index (κ2) is 8.49. The van der Waals surface area contributed by atoms with E-state index < -0.39 is 0 Å². The van der Waals surface area contributed by atoms with Gasteiger partial charge in [-0.2, -0.15) is 0 Å². The van der Waals surface area contributed by atoms with Gasteiger partial charge in [-0.25, -0.2) is 0 Å². The number of rotatable bonds is 5. The molecule has 4 nitrogen and oxygen atoms in total. The van der Waals surface area contributed by atoms with E-state index in [4.69, 9.17) is 9.47 Å². The quantitative estimate of drug-likeness (QED) is 0.800. The van der Waals surface area contributed by atoms with Crippen LogP contribution in [0.5, 0.6) is 5.75 Å². The summed E-state index contributed by atoms with van der Waals surface area (Å²) < 4.78 is 11.2. The first-order chi connectivity index (χ1) is 13.3. The van der Waals surface area contributed by atoms with Crippen molar-refractivity contribution in [2.24, 2.45) is 0 Å². The van der Waals surface area contributed by atoms with Crippen molar-refractivity contribution in [2.75, 3.05) is 13.1 Å². The number of piperidine rings is 1. The molecular formula is C23H27NO3. The van der Waals surface area contributed by atoms with E-state index in [9.17, 15) is 5.11 Å². The Morgan fingerprint density at radius 3 is 2.93 bits per heavy atom. The summed E-state index contributed by atoms with van der Waals surface area (Å²) in [6, 6.07) is 7.89. The van der Waals surface area contributed by atoms with E-state index in [0.29, 0.717) is 11.7 Å². The highest BCUT2D eigenvalue weighted by molar-refractivity contribution is 5.35. The molecule has 0 aromatic heterocycles. The summed E-state index contributed by atoms with van der Waals surface area (Å²) in [6.45, 7) is 1.94. The Bertz CT molecular complexity index is 778. The molecule has 0 saturated carbocycles. The van der Waals surface area contributed by atoms with Crippen LogP contribution in [0.1, 0.15) is 43.6 Å². The number of nitrogens with zero attached hydrogens (tertiary/aromatic N) is 1. The van der Waals surface area contributed by atoms with Crippen molar-refractivity contribution in [3.63, 3.8) is 0 Å². The third-order valence-corrected chi connectivity index (χ3v) is 5.68. The number of para-hydroxylation sites is 1. The van der Waals surface area contributed by atoms with Gasteiger partial charge in [-0.1, -0.05) is 42.0 Å². The lowest BCUT2D eigenvalue weighted by Crippen LogP contribution is -2.43. The number of aromatic hydroxyl groups is 1. The minimum atomic E-state index is 0.154. The summed E-state index contributed by atoms with van der Waals surface area (Å²) >= 11 is 0. The normalized spacial score (nSPS) is 23.8. The molecule has 27 heavy (non-hydrogen) atoms. The van der Waals surface area contributed by atoms with Gasteiger partial charge in [0.2, 0.25) is 0 Å². The van der Waals surface area contributed by atoms with Crippen LogP contribution in [0.4, 0.5) is 0 Å². The standard InChI is InChI=1S/C23H27NO3/c25-22-11-5-4-10-20(22)19-9-6-12-24(16-19)21(23-17-26-13-14-27-23)15-18-7-2-1-3-8-18/h1-2,4-5,7,10-11,13-14,17,19,21,25H,3,6,8-9,12,15-16H2. The number of benzene rings is 1. The number of allylic oxidation sites excluding steroid dienone is 3.